The van der Waals surface area contributed by atoms with Crippen LogP contribution in [0.5, 0.6) is 0 Å². The number of alkyl carbamates (subject to hydrolysis) is 1. The van der Waals surface area contributed by atoms with Crippen molar-refractivity contribution in [3.63, 3.8) is 0 Å². The monoisotopic (exact) mass is 442 g/mol. The van der Waals surface area contributed by atoms with Crippen molar-refractivity contribution in [3.05, 3.63) is 0 Å². The molecule has 9 heteroatoms. The van der Waals surface area contributed by atoms with Crippen molar-refractivity contribution in [1.29, 1.82) is 0 Å². The Morgan fingerprint density at radius 1 is 0.742 bits per heavy atom. The molecule has 0 heterocycles. The Morgan fingerprint density at radius 2 is 1.23 bits per heavy atom. The van der Waals surface area contributed by atoms with Crippen LogP contribution in [0.2, 0.25) is 0 Å². The molecule has 0 aromatic heterocycles. The Morgan fingerprint density at radius 3 is 1.65 bits per heavy atom. The summed E-state index contributed by atoms with van der Waals surface area (Å²) >= 11 is 0. The molecule has 0 rings (SSSR count). The van der Waals surface area contributed by atoms with Crippen molar-refractivity contribution in [2.45, 2.75) is 85.2 Å². The van der Waals surface area contributed by atoms with E-state index in [9.17, 15) is 19.2 Å². The van der Waals surface area contributed by atoms with Crippen LogP contribution in [0.15, 0.2) is 0 Å². The van der Waals surface area contributed by atoms with E-state index in [1.54, 1.807) is 20.8 Å². The summed E-state index contributed by atoms with van der Waals surface area (Å²) in [6.07, 6.45) is 5.20. The van der Waals surface area contributed by atoms with Crippen LogP contribution in [0, 0.1) is 0 Å². The number of amides is 4. The van der Waals surface area contributed by atoms with Gasteiger partial charge in [0.05, 0.1) is 0 Å². The number of carbonyl (C=O) groups excluding carboxylic acids is 4. The summed E-state index contributed by atoms with van der Waals surface area (Å²) in [4.78, 5) is 50.0. The minimum Gasteiger partial charge on any atom is -0.444 e. The minimum atomic E-state index is -0.633. The lowest BCUT2D eigenvalue weighted by molar-refractivity contribution is -0.139. The highest BCUT2D eigenvalue weighted by Gasteiger charge is 2.21. The molecule has 0 radical (unpaired) electrons. The first kappa shape index (κ1) is 28.7. The molecular weight excluding hydrogens is 400 g/mol. The van der Waals surface area contributed by atoms with Crippen molar-refractivity contribution in [3.8, 4) is 0 Å². The Kier molecular flexibility index (Phi) is 15.2. The van der Waals surface area contributed by atoms with E-state index in [-0.39, 0.29) is 43.8 Å². The van der Waals surface area contributed by atoms with Gasteiger partial charge in [0.25, 0.3) is 0 Å². The zero-order valence-electron chi connectivity index (χ0n) is 20.0. The van der Waals surface area contributed by atoms with Gasteiger partial charge in [0.15, 0.2) is 0 Å². The number of hydrogen-bond donors (Lipinski definition) is 3. The van der Waals surface area contributed by atoms with E-state index in [0.29, 0.717) is 13.1 Å². The van der Waals surface area contributed by atoms with Crippen LogP contribution in [0.1, 0.15) is 79.6 Å². The number of rotatable bonds is 15. The second-order valence-corrected chi connectivity index (χ2v) is 8.54. The van der Waals surface area contributed by atoms with Crippen LogP contribution < -0.4 is 16.0 Å². The van der Waals surface area contributed by atoms with Crippen molar-refractivity contribution >= 4 is 23.8 Å². The highest BCUT2D eigenvalue weighted by molar-refractivity contribution is 5.89. The van der Waals surface area contributed by atoms with Crippen LogP contribution >= 0.6 is 0 Å². The standard InChI is InChI=1S/C22H42N4O5/c1-6-8-10-13-23-18(27)16-26(17-19(28)24-14-11-9-7-2)20(29)12-15-25-21(30)31-22(3,4)5/h6-17H2,1-5H3,(H,23,27)(H,24,28)(H,25,30). The molecule has 0 aromatic carbocycles. The molecule has 9 nitrogen and oxygen atoms in total. The zero-order chi connectivity index (χ0) is 23.7. The second kappa shape index (κ2) is 16.4. The fraction of sp³-hybridized carbons (Fsp3) is 0.818. The maximum atomic E-state index is 12.6. The lowest BCUT2D eigenvalue weighted by atomic mass is 10.2. The van der Waals surface area contributed by atoms with Crippen LogP contribution in [0.25, 0.3) is 0 Å². The molecule has 0 saturated heterocycles. The molecule has 0 aliphatic carbocycles. The van der Waals surface area contributed by atoms with Gasteiger partial charge in [-0.1, -0.05) is 39.5 Å². The highest BCUT2D eigenvalue weighted by atomic mass is 16.6. The van der Waals surface area contributed by atoms with Gasteiger partial charge in [-0.15, -0.1) is 0 Å². The highest BCUT2D eigenvalue weighted by Crippen LogP contribution is 2.06. The maximum Gasteiger partial charge on any atom is 0.407 e. The Balaban J connectivity index is 4.68. The number of nitrogens with zero attached hydrogens (tertiary/aromatic N) is 1. The topological polar surface area (TPSA) is 117 Å². The van der Waals surface area contributed by atoms with Crippen molar-refractivity contribution in [1.82, 2.24) is 20.9 Å². The first-order chi connectivity index (χ1) is 14.6. The predicted octanol–water partition coefficient (Wildman–Crippen LogP) is 2.34. The number of hydrogen-bond acceptors (Lipinski definition) is 5. The van der Waals surface area contributed by atoms with Gasteiger partial charge in [-0.3, -0.25) is 14.4 Å². The fourth-order valence-corrected chi connectivity index (χ4v) is 2.64. The van der Waals surface area contributed by atoms with Crippen LogP contribution in [0.3, 0.4) is 0 Å². The van der Waals surface area contributed by atoms with Crippen molar-refractivity contribution < 1.29 is 23.9 Å². The molecule has 0 aromatic rings. The largest absolute Gasteiger partial charge is 0.444 e. The van der Waals surface area contributed by atoms with E-state index >= 15 is 0 Å². The van der Waals surface area contributed by atoms with Gasteiger partial charge in [0.2, 0.25) is 17.7 Å². The molecule has 0 aliphatic heterocycles. The van der Waals surface area contributed by atoms with Crippen LogP contribution in [-0.4, -0.2) is 67.0 Å². The maximum absolute atomic E-state index is 12.6. The third kappa shape index (κ3) is 17.1. The van der Waals surface area contributed by atoms with Crippen LogP contribution in [-0.2, 0) is 19.1 Å². The summed E-state index contributed by atoms with van der Waals surface area (Å²) in [6, 6.07) is 0. The summed E-state index contributed by atoms with van der Waals surface area (Å²) in [7, 11) is 0. The molecule has 0 atom stereocenters. The molecule has 0 aliphatic rings. The Labute approximate surface area is 187 Å². The SMILES string of the molecule is CCCCCNC(=O)CN(CC(=O)NCCCCC)C(=O)CCNC(=O)OC(C)(C)C. The van der Waals surface area contributed by atoms with Gasteiger partial charge < -0.3 is 25.6 Å². The lowest BCUT2D eigenvalue weighted by Crippen LogP contribution is -2.46. The van der Waals surface area contributed by atoms with E-state index < -0.39 is 11.7 Å². The molecule has 0 bridgehead atoms. The van der Waals surface area contributed by atoms with Crippen molar-refractivity contribution in [2.75, 3.05) is 32.7 Å². The minimum absolute atomic E-state index is 0.0362. The van der Waals surface area contributed by atoms with Gasteiger partial charge in [0, 0.05) is 26.1 Å². The van der Waals surface area contributed by atoms with Gasteiger partial charge in [-0.2, -0.15) is 0 Å². The van der Waals surface area contributed by atoms with Gasteiger partial charge in [-0.05, 0) is 33.6 Å². The molecule has 0 unspecified atom stereocenters. The molecule has 3 N–H and O–H groups in total. The number of carbonyl (C=O) groups is 4. The fourth-order valence-electron chi connectivity index (χ4n) is 2.64. The van der Waals surface area contributed by atoms with E-state index in [1.165, 1.54) is 4.90 Å². The average Bonchev–Trinajstić information content (AvgIpc) is 2.66. The molecule has 31 heavy (non-hydrogen) atoms. The molecular formula is C22H42N4O5. The van der Waals surface area contributed by atoms with E-state index in [2.05, 4.69) is 29.8 Å². The molecule has 4 amide bonds. The smallest absolute Gasteiger partial charge is 0.407 e. The number of nitrogens with one attached hydrogen (secondary N) is 3. The average molecular weight is 443 g/mol. The van der Waals surface area contributed by atoms with E-state index in [1.807, 2.05) is 0 Å². The Bertz CT molecular complexity index is 535. The lowest BCUT2D eigenvalue weighted by Gasteiger charge is -2.23. The first-order valence-corrected chi connectivity index (χ1v) is 11.4. The second-order valence-electron chi connectivity index (χ2n) is 8.54. The number of ether oxygens (including phenoxy) is 1. The Hall–Kier alpha value is -2.32. The third-order valence-corrected chi connectivity index (χ3v) is 4.23. The first-order valence-electron chi connectivity index (χ1n) is 11.4. The van der Waals surface area contributed by atoms with Gasteiger partial charge in [-0.25, -0.2) is 4.79 Å². The van der Waals surface area contributed by atoms with Crippen LogP contribution in [0.4, 0.5) is 4.79 Å². The number of unbranched alkanes of at least 4 members (excludes halogenated alkanes) is 4. The summed E-state index contributed by atoms with van der Waals surface area (Å²) < 4.78 is 5.13. The quantitative estimate of drug-likeness (QED) is 0.337. The van der Waals surface area contributed by atoms with E-state index in [0.717, 1.165) is 38.5 Å². The summed E-state index contributed by atoms with van der Waals surface area (Å²) in [5, 5.41) is 8.08. The van der Waals surface area contributed by atoms with Crippen molar-refractivity contribution in [2.24, 2.45) is 0 Å². The van der Waals surface area contributed by atoms with Gasteiger partial charge >= 0.3 is 6.09 Å². The third-order valence-electron chi connectivity index (χ3n) is 4.23. The summed E-state index contributed by atoms with van der Waals surface area (Å²) in [6.45, 7) is 10.1. The molecule has 0 spiro atoms. The summed E-state index contributed by atoms with van der Waals surface area (Å²) in [5.41, 5.74) is -0.633. The summed E-state index contributed by atoms with van der Waals surface area (Å²) in [5.74, 6) is -0.991. The molecule has 180 valence electrons. The molecule has 0 saturated carbocycles. The molecule has 0 fully saturated rings. The van der Waals surface area contributed by atoms with E-state index in [4.69, 9.17) is 4.74 Å². The predicted molar refractivity (Wildman–Crippen MR) is 121 cm³/mol. The normalized spacial score (nSPS) is 10.9. The zero-order valence-corrected chi connectivity index (χ0v) is 20.0. The van der Waals surface area contributed by atoms with Gasteiger partial charge in [0.1, 0.15) is 18.7 Å².